The van der Waals surface area contributed by atoms with Crippen LogP contribution in [0.3, 0.4) is 0 Å². The van der Waals surface area contributed by atoms with Crippen molar-refractivity contribution in [2.75, 3.05) is 0 Å². The predicted octanol–water partition coefficient (Wildman–Crippen LogP) is 3.48. The van der Waals surface area contributed by atoms with Crippen molar-refractivity contribution < 1.29 is 4.42 Å². The van der Waals surface area contributed by atoms with Gasteiger partial charge < -0.3 is 4.42 Å². The molecule has 0 unspecified atom stereocenters. The number of tetrazole rings is 1. The molecular weight excluding hydrogens is 296 g/mol. The van der Waals surface area contributed by atoms with Crippen molar-refractivity contribution in [3.63, 3.8) is 0 Å². The Morgan fingerprint density at radius 3 is 3.09 bits per heavy atom. The van der Waals surface area contributed by atoms with Gasteiger partial charge in [0, 0.05) is 5.25 Å². The Balaban J connectivity index is 1.56. The molecule has 1 aliphatic rings. The van der Waals surface area contributed by atoms with E-state index in [1.807, 2.05) is 12.1 Å². The molecule has 0 N–H and O–H groups in total. The predicted molar refractivity (Wildman–Crippen MR) is 83.6 cm³/mol. The van der Waals surface area contributed by atoms with Crippen LogP contribution in [0.4, 0.5) is 0 Å². The Bertz CT molecular complexity index is 753. The zero-order valence-corrected chi connectivity index (χ0v) is 12.9. The zero-order chi connectivity index (χ0) is 14.8. The van der Waals surface area contributed by atoms with E-state index in [4.69, 9.17) is 4.42 Å². The molecule has 1 aliphatic carbocycles. The van der Waals surface area contributed by atoms with Crippen LogP contribution >= 0.6 is 11.8 Å². The van der Waals surface area contributed by atoms with E-state index in [-0.39, 0.29) is 0 Å². The average molecular weight is 312 g/mol. The lowest BCUT2D eigenvalue weighted by Crippen LogP contribution is -2.09. The maximum Gasteiger partial charge on any atom is 0.210 e. The lowest BCUT2D eigenvalue weighted by atomic mass is 9.91. The Labute approximate surface area is 132 Å². The summed E-state index contributed by atoms with van der Waals surface area (Å²) in [4.78, 5) is 0. The monoisotopic (exact) mass is 312 g/mol. The number of benzene rings is 1. The Kier molecular flexibility index (Phi) is 3.68. The minimum Gasteiger partial charge on any atom is -0.467 e. The van der Waals surface area contributed by atoms with Gasteiger partial charge in [-0.15, -0.1) is 5.10 Å². The third-order valence-corrected chi connectivity index (χ3v) is 5.22. The average Bonchev–Trinajstić information content (AvgIpc) is 3.21. The third-order valence-electron chi connectivity index (χ3n) is 3.95. The number of aryl methyl sites for hydroxylation is 1. The zero-order valence-electron chi connectivity index (χ0n) is 12.1. The van der Waals surface area contributed by atoms with Gasteiger partial charge in [0.1, 0.15) is 12.3 Å². The molecule has 4 rings (SSSR count). The largest absolute Gasteiger partial charge is 0.467 e. The molecule has 0 spiro atoms. The summed E-state index contributed by atoms with van der Waals surface area (Å²) in [5.41, 5.74) is 2.88. The van der Waals surface area contributed by atoms with Gasteiger partial charge in [0.15, 0.2) is 0 Å². The first-order chi connectivity index (χ1) is 10.9. The number of hydrogen-bond donors (Lipinski definition) is 0. The molecule has 1 aromatic carbocycles. The van der Waals surface area contributed by atoms with Crippen LogP contribution in [-0.2, 0) is 13.0 Å². The Morgan fingerprint density at radius 2 is 2.18 bits per heavy atom. The number of furan rings is 1. The molecule has 0 radical (unpaired) electrons. The van der Waals surface area contributed by atoms with Crippen LogP contribution < -0.4 is 0 Å². The van der Waals surface area contributed by atoms with Gasteiger partial charge in [-0.3, -0.25) is 0 Å². The van der Waals surface area contributed by atoms with Crippen molar-refractivity contribution in [2.24, 2.45) is 0 Å². The number of aromatic nitrogens is 4. The lowest BCUT2D eigenvalue weighted by Gasteiger charge is -2.24. The molecule has 112 valence electrons. The van der Waals surface area contributed by atoms with Gasteiger partial charge in [0.05, 0.1) is 6.26 Å². The van der Waals surface area contributed by atoms with E-state index in [0.717, 1.165) is 17.3 Å². The van der Waals surface area contributed by atoms with Crippen LogP contribution in [0.2, 0.25) is 0 Å². The fraction of sp³-hybridized carbons (Fsp3) is 0.312. The SMILES string of the molecule is c1coc(Cn2nnnc2S[C@@H]2CCCc3ccccc32)c1. The number of rotatable bonds is 4. The number of nitrogens with zero attached hydrogens (tertiary/aromatic N) is 4. The molecule has 0 amide bonds. The van der Waals surface area contributed by atoms with Gasteiger partial charge >= 0.3 is 0 Å². The highest BCUT2D eigenvalue weighted by molar-refractivity contribution is 7.99. The molecular formula is C16H16N4OS. The van der Waals surface area contributed by atoms with Crippen LogP contribution in [0.5, 0.6) is 0 Å². The summed E-state index contributed by atoms with van der Waals surface area (Å²) in [6, 6.07) is 12.5. The minimum atomic E-state index is 0.423. The molecule has 2 heterocycles. The summed E-state index contributed by atoms with van der Waals surface area (Å²) in [7, 11) is 0. The Hall–Kier alpha value is -2.08. The van der Waals surface area contributed by atoms with E-state index in [2.05, 4.69) is 39.8 Å². The molecule has 0 saturated heterocycles. The second-order valence-corrected chi connectivity index (χ2v) is 6.57. The van der Waals surface area contributed by atoms with Gasteiger partial charge in [0.25, 0.3) is 0 Å². The van der Waals surface area contributed by atoms with Gasteiger partial charge in [-0.2, -0.15) is 0 Å². The summed E-state index contributed by atoms with van der Waals surface area (Å²) in [6.07, 6.45) is 5.22. The van der Waals surface area contributed by atoms with Crippen molar-refractivity contribution in [3.05, 3.63) is 59.5 Å². The molecule has 6 heteroatoms. The molecule has 1 atom stereocenters. The second-order valence-electron chi connectivity index (χ2n) is 5.40. The first-order valence-corrected chi connectivity index (χ1v) is 8.31. The summed E-state index contributed by atoms with van der Waals surface area (Å²) in [6.45, 7) is 0.566. The number of fused-ring (bicyclic) bond motifs is 1. The maximum absolute atomic E-state index is 5.38. The van der Waals surface area contributed by atoms with Crippen molar-refractivity contribution in [2.45, 2.75) is 36.2 Å². The van der Waals surface area contributed by atoms with Gasteiger partial charge in [-0.05, 0) is 52.9 Å². The Morgan fingerprint density at radius 1 is 1.23 bits per heavy atom. The molecule has 0 saturated carbocycles. The van der Waals surface area contributed by atoms with Gasteiger partial charge in [-0.25, -0.2) is 4.68 Å². The van der Waals surface area contributed by atoms with Crippen LogP contribution in [0, 0.1) is 0 Å². The van der Waals surface area contributed by atoms with Crippen molar-refractivity contribution in [1.82, 2.24) is 20.2 Å². The van der Waals surface area contributed by atoms with Crippen LogP contribution in [0.1, 0.15) is 35.0 Å². The highest BCUT2D eigenvalue weighted by Crippen LogP contribution is 2.42. The lowest BCUT2D eigenvalue weighted by molar-refractivity contribution is 0.462. The van der Waals surface area contributed by atoms with Gasteiger partial charge in [0.2, 0.25) is 5.16 Å². The molecule has 2 aromatic heterocycles. The topological polar surface area (TPSA) is 56.7 Å². The second kappa shape index (κ2) is 5.96. The smallest absolute Gasteiger partial charge is 0.210 e. The summed E-state index contributed by atoms with van der Waals surface area (Å²) in [5, 5.41) is 13.4. The first-order valence-electron chi connectivity index (χ1n) is 7.43. The van der Waals surface area contributed by atoms with E-state index >= 15 is 0 Å². The van der Waals surface area contributed by atoms with E-state index in [0.29, 0.717) is 11.8 Å². The minimum absolute atomic E-state index is 0.423. The quantitative estimate of drug-likeness (QED) is 0.738. The summed E-state index contributed by atoms with van der Waals surface area (Å²) in [5.74, 6) is 0.859. The number of hydrogen-bond acceptors (Lipinski definition) is 5. The van der Waals surface area contributed by atoms with Crippen LogP contribution in [0.15, 0.2) is 52.2 Å². The van der Waals surface area contributed by atoms with E-state index in [9.17, 15) is 0 Å². The summed E-state index contributed by atoms with van der Waals surface area (Å²) < 4.78 is 7.19. The summed E-state index contributed by atoms with van der Waals surface area (Å²) >= 11 is 1.75. The van der Waals surface area contributed by atoms with Crippen molar-refractivity contribution >= 4 is 11.8 Å². The van der Waals surface area contributed by atoms with Gasteiger partial charge in [-0.1, -0.05) is 36.0 Å². The van der Waals surface area contributed by atoms with Crippen molar-refractivity contribution in [1.29, 1.82) is 0 Å². The molecule has 3 aromatic rings. The third kappa shape index (κ3) is 2.66. The highest BCUT2D eigenvalue weighted by Gasteiger charge is 2.23. The maximum atomic E-state index is 5.38. The first kappa shape index (κ1) is 13.6. The molecule has 22 heavy (non-hydrogen) atoms. The molecule has 5 nitrogen and oxygen atoms in total. The van der Waals surface area contributed by atoms with Crippen LogP contribution in [0.25, 0.3) is 0 Å². The van der Waals surface area contributed by atoms with E-state index < -0.39 is 0 Å². The highest BCUT2D eigenvalue weighted by atomic mass is 32.2. The normalized spacial score (nSPS) is 17.4. The van der Waals surface area contributed by atoms with Crippen molar-refractivity contribution in [3.8, 4) is 0 Å². The fourth-order valence-electron chi connectivity index (χ4n) is 2.89. The van der Waals surface area contributed by atoms with Crippen LogP contribution in [-0.4, -0.2) is 20.2 Å². The number of thioether (sulfide) groups is 1. The molecule has 0 aliphatic heterocycles. The standard InChI is InChI=1S/C16H16N4OS/c1-2-8-14-12(5-1)6-3-9-15(14)22-16-17-18-19-20(16)11-13-7-4-10-21-13/h1-2,4-5,7-8,10,15H,3,6,9,11H2/t15-/m1/s1. The molecule has 0 bridgehead atoms. The van der Waals surface area contributed by atoms with E-state index in [1.54, 1.807) is 22.7 Å². The fourth-order valence-corrected chi connectivity index (χ4v) is 4.09. The van der Waals surface area contributed by atoms with E-state index in [1.165, 1.54) is 24.0 Å². The molecule has 0 fully saturated rings.